The van der Waals surface area contributed by atoms with E-state index in [0.29, 0.717) is 29.1 Å². The van der Waals surface area contributed by atoms with Crippen LogP contribution in [-0.4, -0.2) is 22.8 Å². The number of nitrogens with one attached hydrogen (secondary N) is 1. The lowest BCUT2D eigenvalue weighted by Gasteiger charge is -2.10. The van der Waals surface area contributed by atoms with Crippen molar-refractivity contribution in [2.45, 2.75) is 13.3 Å². The highest BCUT2D eigenvalue weighted by Gasteiger charge is 2.16. The summed E-state index contributed by atoms with van der Waals surface area (Å²) in [4.78, 5) is 12.3. The molecule has 0 spiro atoms. The highest BCUT2D eigenvalue weighted by Crippen LogP contribution is 2.27. The zero-order valence-electron chi connectivity index (χ0n) is 11.8. The first-order valence-corrected chi connectivity index (χ1v) is 6.32. The SMILES string of the molecule is CCc1nn(C)cc1C(=O)Nc1cc(N)ccc1OC. The maximum absolute atomic E-state index is 12.3. The molecule has 3 N–H and O–H groups in total. The number of nitrogen functional groups attached to an aromatic ring is 1. The average molecular weight is 274 g/mol. The van der Waals surface area contributed by atoms with Crippen LogP contribution < -0.4 is 15.8 Å². The molecule has 20 heavy (non-hydrogen) atoms. The number of hydrogen-bond acceptors (Lipinski definition) is 4. The fourth-order valence-corrected chi connectivity index (χ4v) is 2.00. The number of carbonyl (C=O) groups excluding carboxylic acids is 1. The highest BCUT2D eigenvalue weighted by molar-refractivity contribution is 6.05. The minimum Gasteiger partial charge on any atom is -0.495 e. The zero-order chi connectivity index (χ0) is 14.7. The number of amides is 1. The number of rotatable bonds is 4. The zero-order valence-corrected chi connectivity index (χ0v) is 11.8. The van der Waals surface area contributed by atoms with Gasteiger partial charge in [0, 0.05) is 18.9 Å². The van der Waals surface area contributed by atoms with E-state index in [1.807, 2.05) is 6.92 Å². The quantitative estimate of drug-likeness (QED) is 0.833. The van der Waals surface area contributed by atoms with Crippen molar-refractivity contribution < 1.29 is 9.53 Å². The van der Waals surface area contributed by atoms with Crippen LogP contribution in [0.3, 0.4) is 0 Å². The van der Waals surface area contributed by atoms with Crippen molar-refractivity contribution in [3.8, 4) is 5.75 Å². The molecular weight excluding hydrogens is 256 g/mol. The Balaban J connectivity index is 2.29. The van der Waals surface area contributed by atoms with Crippen LogP contribution >= 0.6 is 0 Å². The molecule has 2 rings (SSSR count). The standard InChI is InChI=1S/C14H18N4O2/c1-4-11-10(8-18(2)17-11)14(19)16-12-7-9(15)5-6-13(12)20-3/h5-8H,4,15H2,1-3H3,(H,16,19). The Hall–Kier alpha value is -2.50. The number of nitrogens with zero attached hydrogens (tertiary/aromatic N) is 2. The minimum atomic E-state index is -0.223. The lowest BCUT2D eigenvalue weighted by Crippen LogP contribution is -2.14. The lowest BCUT2D eigenvalue weighted by molar-refractivity contribution is 0.102. The second-order valence-corrected chi connectivity index (χ2v) is 4.43. The second-order valence-electron chi connectivity index (χ2n) is 4.43. The van der Waals surface area contributed by atoms with Crippen LogP contribution in [0.2, 0.25) is 0 Å². The number of aromatic nitrogens is 2. The number of anilines is 2. The molecule has 1 amide bonds. The summed E-state index contributed by atoms with van der Waals surface area (Å²) in [5, 5.41) is 7.06. The van der Waals surface area contributed by atoms with E-state index in [1.165, 1.54) is 0 Å². The van der Waals surface area contributed by atoms with E-state index in [9.17, 15) is 4.79 Å². The summed E-state index contributed by atoms with van der Waals surface area (Å²) >= 11 is 0. The number of aryl methyl sites for hydroxylation is 2. The molecule has 0 saturated heterocycles. The fraction of sp³-hybridized carbons (Fsp3) is 0.286. The van der Waals surface area contributed by atoms with Crippen LogP contribution in [-0.2, 0) is 13.5 Å². The molecule has 2 aromatic rings. The smallest absolute Gasteiger partial charge is 0.259 e. The van der Waals surface area contributed by atoms with Gasteiger partial charge >= 0.3 is 0 Å². The molecule has 0 aliphatic rings. The molecule has 0 aliphatic carbocycles. The van der Waals surface area contributed by atoms with Gasteiger partial charge in [-0.1, -0.05) is 6.92 Å². The normalized spacial score (nSPS) is 10.3. The highest BCUT2D eigenvalue weighted by atomic mass is 16.5. The van der Waals surface area contributed by atoms with Crippen molar-refractivity contribution in [2.24, 2.45) is 7.05 Å². The molecule has 1 aromatic carbocycles. The summed E-state index contributed by atoms with van der Waals surface area (Å²) < 4.78 is 6.84. The Morgan fingerprint density at radius 3 is 2.90 bits per heavy atom. The average Bonchev–Trinajstić information content (AvgIpc) is 2.80. The minimum absolute atomic E-state index is 0.223. The summed E-state index contributed by atoms with van der Waals surface area (Å²) in [6.07, 6.45) is 2.39. The molecule has 6 heteroatoms. The van der Waals surface area contributed by atoms with Crippen LogP contribution in [0.25, 0.3) is 0 Å². The van der Waals surface area contributed by atoms with Crippen molar-refractivity contribution in [3.05, 3.63) is 35.7 Å². The van der Waals surface area contributed by atoms with E-state index in [1.54, 1.807) is 43.2 Å². The summed E-state index contributed by atoms with van der Waals surface area (Å²) in [5.41, 5.74) is 8.15. The van der Waals surface area contributed by atoms with Crippen LogP contribution in [0.5, 0.6) is 5.75 Å². The number of nitrogens with two attached hydrogens (primary N) is 1. The molecule has 1 heterocycles. The maximum Gasteiger partial charge on any atom is 0.259 e. The van der Waals surface area contributed by atoms with Crippen molar-refractivity contribution in [1.29, 1.82) is 0 Å². The molecule has 0 radical (unpaired) electrons. The molecule has 0 saturated carbocycles. The predicted octanol–water partition coefficient (Wildman–Crippen LogP) is 1.83. The first-order valence-electron chi connectivity index (χ1n) is 6.32. The summed E-state index contributed by atoms with van der Waals surface area (Å²) in [6.45, 7) is 1.96. The van der Waals surface area contributed by atoms with Crippen molar-refractivity contribution in [3.63, 3.8) is 0 Å². The van der Waals surface area contributed by atoms with Gasteiger partial charge < -0.3 is 15.8 Å². The fourth-order valence-electron chi connectivity index (χ4n) is 2.00. The molecule has 0 fully saturated rings. The third-order valence-corrected chi connectivity index (χ3v) is 2.96. The monoisotopic (exact) mass is 274 g/mol. The van der Waals surface area contributed by atoms with Crippen LogP contribution in [0.1, 0.15) is 23.0 Å². The van der Waals surface area contributed by atoms with Crippen molar-refractivity contribution in [2.75, 3.05) is 18.2 Å². The Bertz CT molecular complexity index is 634. The summed E-state index contributed by atoms with van der Waals surface area (Å²) in [5.74, 6) is 0.341. The van der Waals surface area contributed by atoms with Crippen molar-refractivity contribution >= 4 is 17.3 Å². The molecular formula is C14H18N4O2. The first-order chi connectivity index (χ1) is 9.55. The van der Waals surface area contributed by atoms with Gasteiger partial charge in [-0.3, -0.25) is 9.48 Å². The third kappa shape index (κ3) is 2.74. The topological polar surface area (TPSA) is 82.2 Å². The molecule has 0 unspecified atom stereocenters. The van der Waals surface area contributed by atoms with E-state index in [-0.39, 0.29) is 5.91 Å². The summed E-state index contributed by atoms with van der Waals surface area (Å²) in [7, 11) is 3.33. The molecule has 1 aromatic heterocycles. The van der Waals surface area contributed by atoms with Crippen LogP contribution in [0, 0.1) is 0 Å². The van der Waals surface area contributed by atoms with Gasteiger partial charge in [0.1, 0.15) is 5.75 Å². The predicted molar refractivity (Wildman–Crippen MR) is 77.9 cm³/mol. The van der Waals surface area contributed by atoms with E-state index in [0.717, 1.165) is 5.69 Å². The van der Waals surface area contributed by atoms with Gasteiger partial charge in [-0.15, -0.1) is 0 Å². The Morgan fingerprint density at radius 2 is 2.25 bits per heavy atom. The Labute approximate surface area is 117 Å². The number of ether oxygens (including phenoxy) is 1. The second kappa shape index (κ2) is 5.64. The van der Waals surface area contributed by atoms with Gasteiger partial charge in [0.15, 0.2) is 0 Å². The van der Waals surface area contributed by atoms with Gasteiger partial charge in [-0.05, 0) is 24.6 Å². The number of benzene rings is 1. The molecule has 0 bridgehead atoms. The third-order valence-electron chi connectivity index (χ3n) is 2.96. The molecule has 0 aliphatic heterocycles. The molecule has 0 atom stereocenters. The van der Waals surface area contributed by atoms with E-state index in [4.69, 9.17) is 10.5 Å². The number of carbonyl (C=O) groups is 1. The van der Waals surface area contributed by atoms with Gasteiger partial charge in [-0.2, -0.15) is 5.10 Å². The largest absolute Gasteiger partial charge is 0.495 e. The van der Waals surface area contributed by atoms with Gasteiger partial charge in [0.2, 0.25) is 0 Å². The first kappa shape index (κ1) is 13.9. The lowest BCUT2D eigenvalue weighted by atomic mass is 10.2. The number of methoxy groups -OCH3 is 1. The van der Waals surface area contributed by atoms with E-state index < -0.39 is 0 Å². The maximum atomic E-state index is 12.3. The van der Waals surface area contributed by atoms with Crippen molar-refractivity contribution in [1.82, 2.24) is 9.78 Å². The summed E-state index contributed by atoms with van der Waals surface area (Å²) in [6, 6.07) is 5.10. The van der Waals surface area contributed by atoms with Gasteiger partial charge in [0.05, 0.1) is 24.1 Å². The van der Waals surface area contributed by atoms with E-state index in [2.05, 4.69) is 10.4 Å². The van der Waals surface area contributed by atoms with Gasteiger partial charge in [0.25, 0.3) is 5.91 Å². The Kier molecular flexibility index (Phi) is 3.93. The molecule has 6 nitrogen and oxygen atoms in total. The van der Waals surface area contributed by atoms with E-state index >= 15 is 0 Å². The number of hydrogen-bond donors (Lipinski definition) is 2. The van der Waals surface area contributed by atoms with Crippen LogP contribution in [0.4, 0.5) is 11.4 Å². The van der Waals surface area contributed by atoms with Crippen LogP contribution in [0.15, 0.2) is 24.4 Å². The Morgan fingerprint density at radius 1 is 1.50 bits per heavy atom. The van der Waals surface area contributed by atoms with Gasteiger partial charge in [-0.25, -0.2) is 0 Å². The molecule has 106 valence electrons.